The largest absolute Gasteiger partial charge is 0.396 e. The van der Waals surface area contributed by atoms with Gasteiger partial charge in [0.25, 0.3) is 0 Å². The van der Waals surface area contributed by atoms with Crippen molar-refractivity contribution in [3.05, 3.63) is 0 Å². The average Bonchev–Trinajstić information content (AvgIpc) is 2.05. The third-order valence-corrected chi connectivity index (χ3v) is 2.54. The van der Waals surface area contributed by atoms with E-state index in [1.165, 1.54) is 12.8 Å². The van der Waals surface area contributed by atoms with Gasteiger partial charge in [0.1, 0.15) is 0 Å². The molecule has 0 aliphatic rings. The molecule has 13 heavy (non-hydrogen) atoms. The molecule has 0 aliphatic heterocycles. The molecule has 0 spiro atoms. The van der Waals surface area contributed by atoms with E-state index >= 15 is 0 Å². The third kappa shape index (κ3) is 6.05. The lowest BCUT2D eigenvalue weighted by Crippen LogP contribution is -2.29. The van der Waals surface area contributed by atoms with E-state index in [9.17, 15) is 5.11 Å². The first kappa shape index (κ1) is 12.9. The average molecular weight is 188 g/mol. The first-order valence-corrected chi connectivity index (χ1v) is 5.51. The summed E-state index contributed by atoms with van der Waals surface area (Å²) >= 11 is 0. The highest BCUT2D eigenvalue weighted by molar-refractivity contribution is 4.77. The zero-order valence-corrected chi connectivity index (χ0v) is 9.05. The molecule has 2 heteroatoms. The minimum atomic E-state index is -0.599. The van der Waals surface area contributed by atoms with E-state index in [0.29, 0.717) is 6.42 Å². The van der Waals surface area contributed by atoms with Crippen LogP contribution in [0.15, 0.2) is 0 Å². The van der Waals surface area contributed by atoms with Gasteiger partial charge in [-0.25, -0.2) is 0 Å². The lowest BCUT2D eigenvalue weighted by atomic mass is 9.88. The fraction of sp³-hybridized carbons (Fsp3) is 1.00. The predicted molar refractivity (Wildman–Crippen MR) is 55.7 cm³/mol. The van der Waals surface area contributed by atoms with Crippen molar-refractivity contribution in [2.45, 2.75) is 64.4 Å². The second kappa shape index (κ2) is 7.34. The van der Waals surface area contributed by atoms with E-state index in [1.54, 1.807) is 0 Å². The number of unbranched alkanes of at least 4 members (excludes halogenated alkanes) is 2. The quantitative estimate of drug-likeness (QED) is 0.574. The molecule has 0 aromatic carbocycles. The minimum absolute atomic E-state index is 0.0998. The van der Waals surface area contributed by atoms with Gasteiger partial charge < -0.3 is 10.2 Å². The fourth-order valence-corrected chi connectivity index (χ4v) is 1.75. The molecule has 0 saturated heterocycles. The maximum atomic E-state index is 10.1. The van der Waals surface area contributed by atoms with Crippen LogP contribution in [0.2, 0.25) is 0 Å². The van der Waals surface area contributed by atoms with E-state index < -0.39 is 5.60 Å². The smallest absolute Gasteiger partial charge is 0.0669 e. The van der Waals surface area contributed by atoms with E-state index in [2.05, 4.69) is 13.8 Å². The summed E-state index contributed by atoms with van der Waals surface area (Å²) in [6.07, 6.45) is 6.62. The SMILES string of the molecule is CCCCCC(O)(CCC)CCO. The Balaban J connectivity index is 3.76. The molecular formula is C11H24O2. The van der Waals surface area contributed by atoms with E-state index in [4.69, 9.17) is 5.11 Å². The Bertz CT molecular complexity index is 107. The summed E-state index contributed by atoms with van der Waals surface area (Å²) in [5, 5.41) is 18.9. The van der Waals surface area contributed by atoms with Gasteiger partial charge in [0.05, 0.1) is 5.60 Å². The van der Waals surface area contributed by atoms with E-state index in [1.807, 2.05) is 0 Å². The summed E-state index contributed by atoms with van der Waals surface area (Å²) in [7, 11) is 0. The van der Waals surface area contributed by atoms with Gasteiger partial charge in [-0.05, 0) is 19.3 Å². The molecule has 0 bridgehead atoms. The highest BCUT2D eigenvalue weighted by Crippen LogP contribution is 2.24. The lowest BCUT2D eigenvalue weighted by Gasteiger charge is -2.27. The van der Waals surface area contributed by atoms with Crippen LogP contribution in [-0.4, -0.2) is 22.4 Å². The molecule has 0 radical (unpaired) electrons. The fourth-order valence-electron chi connectivity index (χ4n) is 1.75. The highest BCUT2D eigenvalue weighted by Gasteiger charge is 2.23. The maximum Gasteiger partial charge on any atom is 0.0669 e. The predicted octanol–water partition coefficient (Wildman–Crippen LogP) is 2.48. The van der Waals surface area contributed by atoms with Crippen molar-refractivity contribution in [2.24, 2.45) is 0 Å². The van der Waals surface area contributed by atoms with Crippen LogP contribution >= 0.6 is 0 Å². The molecule has 1 atom stereocenters. The van der Waals surface area contributed by atoms with Gasteiger partial charge in [-0.15, -0.1) is 0 Å². The Morgan fingerprint density at radius 1 is 0.923 bits per heavy atom. The summed E-state index contributed by atoms with van der Waals surface area (Å²) in [5.41, 5.74) is -0.599. The van der Waals surface area contributed by atoms with Gasteiger partial charge in [-0.1, -0.05) is 39.5 Å². The third-order valence-electron chi connectivity index (χ3n) is 2.54. The molecule has 1 unspecified atom stereocenters. The summed E-state index contributed by atoms with van der Waals surface area (Å²) in [6, 6.07) is 0. The number of rotatable bonds is 8. The van der Waals surface area contributed by atoms with Crippen LogP contribution in [0.5, 0.6) is 0 Å². The number of hydrogen-bond acceptors (Lipinski definition) is 2. The molecular weight excluding hydrogens is 164 g/mol. The van der Waals surface area contributed by atoms with Crippen LogP contribution in [0.4, 0.5) is 0 Å². The van der Waals surface area contributed by atoms with Crippen molar-refractivity contribution in [1.29, 1.82) is 0 Å². The molecule has 0 saturated carbocycles. The van der Waals surface area contributed by atoms with Crippen LogP contribution in [0.25, 0.3) is 0 Å². The van der Waals surface area contributed by atoms with Gasteiger partial charge in [0.15, 0.2) is 0 Å². The van der Waals surface area contributed by atoms with Gasteiger partial charge in [-0.2, -0.15) is 0 Å². The maximum absolute atomic E-state index is 10.1. The van der Waals surface area contributed by atoms with Crippen molar-refractivity contribution in [1.82, 2.24) is 0 Å². The van der Waals surface area contributed by atoms with Crippen LogP contribution < -0.4 is 0 Å². The Morgan fingerprint density at radius 3 is 2.08 bits per heavy atom. The van der Waals surface area contributed by atoms with Gasteiger partial charge >= 0.3 is 0 Å². The Kier molecular flexibility index (Phi) is 7.29. The van der Waals surface area contributed by atoms with Crippen molar-refractivity contribution in [3.63, 3.8) is 0 Å². The molecule has 0 fully saturated rings. The Labute approximate surface area is 82.0 Å². The molecule has 2 N–H and O–H groups in total. The topological polar surface area (TPSA) is 40.5 Å². The zero-order chi connectivity index (χ0) is 10.2. The van der Waals surface area contributed by atoms with Crippen LogP contribution in [0.3, 0.4) is 0 Å². The summed E-state index contributed by atoms with van der Waals surface area (Å²) in [4.78, 5) is 0. The van der Waals surface area contributed by atoms with E-state index in [0.717, 1.165) is 25.7 Å². The molecule has 0 aliphatic carbocycles. The molecule has 0 aromatic rings. The standard InChI is InChI=1S/C11H24O2/c1-3-5-6-8-11(13,7-4-2)9-10-12/h12-13H,3-10H2,1-2H3. The Hall–Kier alpha value is -0.0800. The van der Waals surface area contributed by atoms with Crippen molar-refractivity contribution < 1.29 is 10.2 Å². The molecule has 0 amide bonds. The molecule has 0 aromatic heterocycles. The summed E-state index contributed by atoms with van der Waals surface area (Å²) in [5.74, 6) is 0. The first-order valence-electron chi connectivity index (χ1n) is 5.51. The van der Waals surface area contributed by atoms with Crippen LogP contribution in [-0.2, 0) is 0 Å². The molecule has 0 heterocycles. The molecule has 0 rings (SSSR count). The number of aliphatic hydroxyl groups excluding tert-OH is 1. The molecule has 80 valence electrons. The molecule has 2 nitrogen and oxygen atoms in total. The summed E-state index contributed by atoms with van der Waals surface area (Å²) < 4.78 is 0. The van der Waals surface area contributed by atoms with Gasteiger partial charge in [0.2, 0.25) is 0 Å². The van der Waals surface area contributed by atoms with Crippen molar-refractivity contribution >= 4 is 0 Å². The lowest BCUT2D eigenvalue weighted by molar-refractivity contribution is -0.00243. The number of aliphatic hydroxyl groups is 2. The van der Waals surface area contributed by atoms with E-state index in [-0.39, 0.29) is 6.61 Å². The number of hydrogen-bond donors (Lipinski definition) is 2. The second-order valence-corrected chi connectivity index (χ2v) is 3.91. The van der Waals surface area contributed by atoms with Crippen LogP contribution in [0.1, 0.15) is 58.8 Å². The monoisotopic (exact) mass is 188 g/mol. The Morgan fingerprint density at radius 2 is 1.62 bits per heavy atom. The van der Waals surface area contributed by atoms with Crippen molar-refractivity contribution in [3.8, 4) is 0 Å². The minimum Gasteiger partial charge on any atom is -0.396 e. The van der Waals surface area contributed by atoms with Gasteiger partial charge in [-0.3, -0.25) is 0 Å². The second-order valence-electron chi connectivity index (χ2n) is 3.91. The summed E-state index contributed by atoms with van der Waals surface area (Å²) in [6.45, 7) is 4.33. The van der Waals surface area contributed by atoms with Crippen molar-refractivity contribution in [2.75, 3.05) is 6.61 Å². The van der Waals surface area contributed by atoms with Crippen LogP contribution in [0, 0.1) is 0 Å². The highest BCUT2D eigenvalue weighted by atomic mass is 16.3. The first-order chi connectivity index (χ1) is 6.18. The zero-order valence-electron chi connectivity index (χ0n) is 9.05. The normalized spacial score (nSPS) is 15.7. The van der Waals surface area contributed by atoms with Gasteiger partial charge in [0, 0.05) is 6.61 Å².